The first-order chi connectivity index (χ1) is 15.5. The molecule has 1 aromatic carbocycles. The van der Waals surface area contributed by atoms with Crippen molar-refractivity contribution in [2.45, 2.75) is 59.7 Å². The molecule has 0 spiro atoms. The summed E-state index contributed by atoms with van der Waals surface area (Å²) in [5, 5.41) is 0.235. The zero-order valence-corrected chi connectivity index (χ0v) is 20.3. The number of fused-ring (bicyclic) bond motifs is 1. The highest BCUT2D eigenvalue weighted by atomic mass is 32.1. The van der Waals surface area contributed by atoms with E-state index in [1.807, 2.05) is 30.3 Å². The fraction of sp³-hybridized carbons (Fsp3) is 0.417. The maximum Gasteiger partial charge on any atom is 0.348 e. The van der Waals surface area contributed by atoms with Gasteiger partial charge in [-0.2, -0.15) is 0 Å². The molecule has 0 bridgehead atoms. The number of aromatic nitrogens is 2. The van der Waals surface area contributed by atoms with Gasteiger partial charge in [0.15, 0.2) is 0 Å². The molecular weight excluding hydrogens is 444 g/mol. The Morgan fingerprint density at radius 3 is 2.33 bits per heavy atom. The van der Waals surface area contributed by atoms with E-state index in [2.05, 4.69) is 0 Å². The summed E-state index contributed by atoms with van der Waals surface area (Å²) in [5.74, 6) is -1.23. The molecule has 0 saturated carbocycles. The Labute approximate surface area is 195 Å². The Morgan fingerprint density at radius 1 is 1.06 bits per heavy atom. The van der Waals surface area contributed by atoms with Crippen molar-refractivity contribution in [1.82, 2.24) is 9.13 Å². The van der Waals surface area contributed by atoms with Crippen molar-refractivity contribution in [3.8, 4) is 0 Å². The maximum atomic E-state index is 13.4. The van der Waals surface area contributed by atoms with Crippen molar-refractivity contribution in [1.29, 1.82) is 0 Å². The molecule has 9 heteroatoms. The topological polar surface area (TPSA) is 96.6 Å². The normalized spacial score (nSPS) is 11.5. The van der Waals surface area contributed by atoms with E-state index < -0.39 is 35.3 Å². The second-order valence-electron chi connectivity index (χ2n) is 8.60. The molecule has 0 amide bonds. The first-order valence-electron chi connectivity index (χ1n) is 10.7. The molecule has 3 rings (SSSR count). The van der Waals surface area contributed by atoms with Crippen molar-refractivity contribution >= 4 is 33.5 Å². The molecule has 0 aliphatic heterocycles. The monoisotopic (exact) mass is 472 g/mol. The molecule has 0 aliphatic rings. The van der Waals surface area contributed by atoms with Gasteiger partial charge in [-0.3, -0.25) is 14.2 Å². The standard InChI is InChI=1S/C24H28N2O6S/c1-6-31-22(29)19-15(2)18-20(28)26(14-17(27)32-24(3,4)5)23(30)25(21(18)33-19)13-12-16-10-8-7-9-11-16/h7-11H,6,12-14H2,1-5H3. The summed E-state index contributed by atoms with van der Waals surface area (Å²) in [6, 6.07) is 9.62. The Bertz CT molecular complexity index is 1290. The van der Waals surface area contributed by atoms with Crippen LogP contribution < -0.4 is 11.2 Å². The van der Waals surface area contributed by atoms with Crippen molar-refractivity contribution in [3.05, 3.63) is 67.2 Å². The number of hydrogen-bond donors (Lipinski definition) is 0. The number of benzene rings is 1. The van der Waals surface area contributed by atoms with E-state index in [0.717, 1.165) is 21.5 Å². The average molecular weight is 473 g/mol. The van der Waals surface area contributed by atoms with Crippen LogP contribution in [0.25, 0.3) is 10.2 Å². The molecule has 33 heavy (non-hydrogen) atoms. The van der Waals surface area contributed by atoms with Crippen LogP contribution in [0.15, 0.2) is 39.9 Å². The molecule has 0 unspecified atom stereocenters. The first kappa shape index (κ1) is 24.4. The van der Waals surface area contributed by atoms with Gasteiger partial charge in [0.25, 0.3) is 5.56 Å². The van der Waals surface area contributed by atoms with Gasteiger partial charge in [0.2, 0.25) is 0 Å². The lowest BCUT2D eigenvalue weighted by molar-refractivity contribution is -0.155. The van der Waals surface area contributed by atoms with Gasteiger partial charge in [0.05, 0.1) is 12.0 Å². The molecular formula is C24H28N2O6S. The summed E-state index contributed by atoms with van der Waals surface area (Å²) in [5.41, 5.74) is -0.551. The highest BCUT2D eigenvalue weighted by Gasteiger charge is 2.25. The van der Waals surface area contributed by atoms with Gasteiger partial charge in [-0.15, -0.1) is 11.3 Å². The van der Waals surface area contributed by atoms with E-state index in [9.17, 15) is 19.2 Å². The lowest BCUT2D eigenvalue weighted by Crippen LogP contribution is -2.42. The molecule has 8 nitrogen and oxygen atoms in total. The summed E-state index contributed by atoms with van der Waals surface area (Å²) >= 11 is 1.06. The van der Waals surface area contributed by atoms with Gasteiger partial charge in [0.1, 0.15) is 21.9 Å². The van der Waals surface area contributed by atoms with Crippen molar-refractivity contribution in [2.24, 2.45) is 0 Å². The molecule has 0 atom stereocenters. The number of hydrogen-bond acceptors (Lipinski definition) is 7. The predicted molar refractivity (Wildman–Crippen MR) is 127 cm³/mol. The summed E-state index contributed by atoms with van der Waals surface area (Å²) in [6.07, 6.45) is 0.534. The Hall–Kier alpha value is -3.20. The van der Waals surface area contributed by atoms with E-state index >= 15 is 0 Å². The second kappa shape index (κ2) is 9.74. The van der Waals surface area contributed by atoms with E-state index in [4.69, 9.17) is 9.47 Å². The number of ether oxygens (including phenoxy) is 2. The highest BCUT2D eigenvalue weighted by molar-refractivity contribution is 7.20. The lowest BCUT2D eigenvalue weighted by Gasteiger charge is -2.20. The molecule has 0 N–H and O–H groups in total. The fourth-order valence-electron chi connectivity index (χ4n) is 3.51. The molecule has 0 radical (unpaired) electrons. The molecule has 0 aliphatic carbocycles. The molecule has 2 aromatic heterocycles. The predicted octanol–water partition coefficient (Wildman–Crippen LogP) is 3.29. The van der Waals surface area contributed by atoms with Crippen LogP contribution in [0.5, 0.6) is 0 Å². The minimum Gasteiger partial charge on any atom is -0.462 e. The highest BCUT2D eigenvalue weighted by Crippen LogP contribution is 2.28. The van der Waals surface area contributed by atoms with Crippen LogP contribution in [-0.4, -0.2) is 33.3 Å². The first-order valence-corrected chi connectivity index (χ1v) is 11.5. The number of thiophene rings is 1. The van der Waals surface area contributed by atoms with Crippen molar-refractivity contribution < 1.29 is 19.1 Å². The van der Waals surface area contributed by atoms with Gasteiger partial charge < -0.3 is 9.47 Å². The van der Waals surface area contributed by atoms with Gasteiger partial charge >= 0.3 is 17.6 Å². The van der Waals surface area contributed by atoms with Crippen molar-refractivity contribution in [3.63, 3.8) is 0 Å². The second-order valence-corrected chi connectivity index (χ2v) is 9.60. The van der Waals surface area contributed by atoms with E-state index in [0.29, 0.717) is 16.8 Å². The molecule has 3 aromatic rings. The van der Waals surface area contributed by atoms with Gasteiger partial charge in [0, 0.05) is 6.54 Å². The molecule has 2 heterocycles. The molecule has 176 valence electrons. The number of carbonyl (C=O) groups excluding carboxylic acids is 2. The molecule has 0 fully saturated rings. The zero-order valence-electron chi connectivity index (χ0n) is 19.5. The Morgan fingerprint density at radius 2 is 1.73 bits per heavy atom. The fourth-order valence-corrected chi connectivity index (χ4v) is 4.72. The quantitative estimate of drug-likeness (QED) is 0.490. The van der Waals surface area contributed by atoms with E-state index in [1.54, 1.807) is 34.6 Å². The lowest BCUT2D eigenvalue weighted by atomic mass is 10.1. The molecule has 0 saturated heterocycles. The van der Waals surface area contributed by atoms with Gasteiger partial charge in [-0.25, -0.2) is 14.2 Å². The number of esters is 2. The third kappa shape index (κ3) is 5.42. The maximum absolute atomic E-state index is 13.4. The van der Waals surface area contributed by atoms with Crippen LogP contribution in [0.1, 0.15) is 48.5 Å². The Balaban J connectivity index is 2.17. The average Bonchev–Trinajstić information content (AvgIpc) is 3.08. The number of rotatable bonds is 7. The summed E-state index contributed by atoms with van der Waals surface area (Å²) < 4.78 is 12.8. The minimum atomic E-state index is -0.757. The van der Waals surface area contributed by atoms with E-state index in [1.165, 1.54) is 4.57 Å². The largest absolute Gasteiger partial charge is 0.462 e. The minimum absolute atomic E-state index is 0.191. The Kier molecular flexibility index (Phi) is 7.22. The van der Waals surface area contributed by atoms with Crippen LogP contribution in [-0.2, 0) is 33.8 Å². The SMILES string of the molecule is CCOC(=O)c1sc2c(c1C)c(=O)n(CC(=O)OC(C)(C)C)c(=O)n2CCc1ccccc1. The summed E-state index contributed by atoms with van der Waals surface area (Å²) in [6.45, 7) is 8.43. The third-order valence-corrected chi connectivity index (χ3v) is 6.22. The van der Waals surface area contributed by atoms with Crippen molar-refractivity contribution in [2.75, 3.05) is 6.61 Å². The van der Waals surface area contributed by atoms with Crippen LogP contribution in [0.2, 0.25) is 0 Å². The number of carbonyl (C=O) groups is 2. The number of nitrogens with zero attached hydrogens (tertiary/aromatic N) is 2. The smallest absolute Gasteiger partial charge is 0.348 e. The van der Waals surface area contributed by atoms with Crippen LogP contribution in [0.4, 0.5) is 0 Å². The summed E-state index contributed by atoms with van der Waals surface area (Å²) in [7, 11) is 0. The third-order valence-electron chi connectivity index (χ3n) is 4.93. The summed E-state index contributed by atoms with van der Waals surface area (Å²) in [4.78, 5) is 52.2. The van der Waals surface area contributed by atoms with Crippen LogP contribution >= 0.6 is 11.3 Å². The van der Waals surface area contributed by atoms with Crippen LogP contribution in [0.3, 0.4) is 0 Å². The number of aryl methyl sites for hydroxylation is 3. The van der Waals surface area contributed by atoms with Gasteiger partial charge in [-0.05, 0) is 52.2 Å². The van der Waals surface area contributed by atoms with E-state index in [-0.39, 0.29) is 23.4 Å². The van der Waals surface area contributed by atoms with Crippen LogP contribution in [0, 0.1) is 6.92 Å². The zero-order chi connectivity index (χ0) is 24.3. The van der Waals surface area contributed by atoms with Gasteiger partial charge in [-0.1, -0.05) is 30.3 Å².